The molecule has 0 radical (unpaired) electrons. The minimum atomic E-state index is -0.0636. The Kier molecular flexibility index (Phi) is 3.58. The van der Waals surface area contributed by atoms with Gasteiger partial charge in [-0.05, 0) is 86.9 Å². The number of rotatable bonds is 1. The van der Waals surface area contributed by atoms with E-state index in [4.69, 9.17) is 0 Å². The van der Waals surface area contributed by atoms with Crippen LogP contribution in [0.15, 0.2) is 11.6 Å². The summed E-state index contributed by atoms with van der Waals surface area (Å²) in [4.78, 5) is 12.1. The minimum Gasteiger partial charge on any atom is -0.393 e. The molecular weight excluding hydrogens is 284 g/mol. The predicted molar refractivity (Wildman–Crippen MR) is 91.9 cm³/mol. The minimum absolute atomic E-state index is 0.0636. The van der Waals surface area contributed by atoms with Gasteiger partial charge in [0.15, 0.2) is 0 Å². The number of carbonyl (C=O) groups is 1. The normalized spacial score (nSPS) is 52.2. The summed E-state index contributed by atoms with van der Waals surface area (Å²) in [5.74, 6) is 2.81. The molecule has 0 amide bonds. The van der Waals surface area contributed by atoms with Crippen LogP contribution in [0.5, 0.6) is 0 Å². The van der Waals surface area contributed by atoms with Crippen molar-refractivity contribution in [3.63, 3.8) is 0 Å². The maximum atomic E-state index is 12.1. The third-order valence-electron chi connectivity index (χ3n) is 8.53. The summed E-state index contributed by atoms with van der Waals surface area (Å²) < 4.78 is 0. The van der Waals surface area contributed by atoms with Crippen LogP contribution in [0.1, 0.15) is 72.1 Å². The molecule has 0 aromatic heterocycles. The smallest absolute Gasteiger partial charge is 0.134 e. The van der Waals surface area contributed by atoms with E-state index < -0.39 is 0 Å². The molecule has 4 aliphatic rings. The van der Waals surface area contributed by atoms with Crippen molar-refractivity contribution in [2.45, 2.75) is 78.2 Å². The Morgan fingerprint density at radius 1 is 1.17 bits per heavy atom. The highest BCUT2D eigenvalue weighted by Gasteiger charge is 2.57. The van der Waals surface area contributed by atoms with Crippen LogP contribution < -0.4 is 0 Å². The molecule has 0 aliphatic heterocycles. The largest absolute Gasteiger partial charge is 0.393 e. The van der Waals surface area contributed by atoms with Crippen molar-refractivity contribution in [1.29, 1.82) is 0 Å². The Morgan fingerprint density at radius 2 is 1.96 bits per heavy atom. The lowest BCUT2D eigenvalue weighted by Gasteiger charge is -2.59. The lowest BCUT2D eigenvalue weighted by Crippen LogP contribution is -2.52. The van der Waals surface area contributed by atoms with Crippen molar-refractivity contribution in [2.24, 2.45) is 34.5 Å². The number of carbonyl (C=O) groups excluding carboxylic acids is 1. The molecule has 3 saturated carbocycles. The number of hydrogen-bond acceptors (Lipinski definition) is 2. The average molecular weight is 316 g/mol. The van der Waals surface area contributed by atoms with Crippen LogP contribution in [0, 0.1) is 34.5 Å². The molecule has 128 valence electrons. The number of allylic oxidation sites excluding steroid dienone is 2. The van der Waals surface area contributed by atoms with E-state index in [1.807, 2.05) is 0 Å². The Balaban J connectivity index is 1.64. The highest BCUT2D eigenvalue weighted by atomic mass is 16.3. The topological polar surface area (TPSA) is 37.3 Å². The van der Waals surface area contributed by atoms with E-state index in [-0.39, 0.29) is 17.4 Å². The van der Waals surface area contributed by atoms with Gasteiger partial charge in [-0.25, -0.2) is 0 Å². The van der Waals surface area contributed by atoms with Gasteiger partial charge in [0.1, 0.15) is 5.78 Å². The van der Waals surface area contributed by atoms with Gasteiger partial charge < -0.3 is 5.11 Å². The van der Waals surface area contributed by atoms with Crippen molar-refractivity contribution in [2.75, 3.05) is 0 Å². The molecular formula is C21H32O2. The van der Waals surface area contributed by atoms with Gasteiger partial charge in [-0.2, -0.15) is 0 Å². The van der Waals surface area contributed by atoms with E-state index in [0.29, 0.717) is 23.0 Å². The molecule has 7 atom stereocenters. The summed E-state index contributed by atoms with van der Waals surface area (Å²) in [5, 5.41) is 10.1. The lowest BCUT2D eigenvalue weighted by molar-refractivity contribution is -0.125. The zero-order valence-corrected chi connectivity index (χ0v) is 15.0. The number of aliphatic hydroxyl groups excluding tert-OH is 1. The Hall–Kier alpha value is -0.630. The van der Waals surface area contributed by atoms with E-state index in [2.05, 4.69) is 19.9 Å². The summed E-state index contributed by atoms with van der Waals surface area (Å²) in [7, 11) is 0. The summed E-state index contributed by atoms with van der Waals surface area (Å²) in [6.45, 7) is 6.67. The Morgan fingerprint density at radius 3 is 2.70 bits per heavy atom. The summed E-state index contributed by atoms with van der Waals surface area (Å²) in [6.07, 6.45) is 11.6. The first-order chi connectivity index (χ1) is 10.9. The Labute approximate surface area is 140 Å². The fraction of sp³-hybridized carbons (Fsp3) is 0.857. The maximum absolute atomic E-state index is 12.1. The zero-order chi connectivity index (χ0) is 16.4. The van der Waals surface area contributed by atoms with Gasteiger partial charge in [0.05, 0.1) is 6.10 Å². The number of aliphatic hydroxyl groups is 1. The van der Waals surface area contributed by atoms with Crippen LogP contribution in [-0.4, -0.2) is 17.0 Å². The van der Waals surface area contributed by atoms with E-state index in [1.165, 1.54) is 32.1 Å². The van der Waals surface area contributed by atoms with Gasteiger partial charge in [-0.15, -0.1) is 0 Å². The zero-order valence-electron chi connectivity index (χ0n) is 15.0. The monoisotopic (exact) mass is 316 g/mol. The van der Waals surface area contributed by atoms with E-state index in [0.717, 1.165) is 25.2 Å². The van der Waals surface area contributed by atoms with Gasteiger partial charge in [-0.3, -0.25) is 4.79 Å². The average Bonchev–Trinajstić information content (AvgIpc) is 2.85. The van der Waals surface area contributed by atoms with Crippen LogP contribution in [-0.2, 0) is 4.79 Å². The molecule has 4 rings (SSSR count). The highest BCUT2D eigenvalue weighted by Crippen LogP contribution is 2.65. The van der Waals surface area contributed by atoms with Gasteiger partial charge in [0.25, 0.3) is 0 Å². The van der Waals surface area contributed by atoms with Gasteiger partial charge in [0.2, 0.25) is 0 Å². The SMILES string of the molecule is CC(=O)C1CC=C2C3CCC4CC(O)CC[C@]4(C)C3CC[C@@]21C. The fourth-order valence-corrected chi connectivity index (χ4v) is 7.18. The standard InChI is InChI=1S/C21H32O2/c1-13(22)17-6-7-18-16-5-4-14-12-15(23)8-10-20(14,2)19(16)9-11-21(17,18)3/h7,14-17,19,23H,4-6,8-12H2,1-3H3/t14?,15?,16?,17?,19?,20-,21+/m0/s1. The molecule has 5 unspecified atom stereocenters. The summed E-state index contributed by atoms with van der Waals surface area (Å²) in [5.41, 5.74) is 2.20. The van der Waals surface area contributed by atoms with Gasteiger partial charge >= 0.3 is 0 Å². The molecule has 23 heavy (non-hydrogen) atoms. The molecule has 0 bridgehead atoms. The van der Waals surface area contributed by atoms with E-state index >= 15 is 0 Å². The summed E-state index contributed by atoms with van der Waals surface area (Å²) >= 11 is 0. The van der Waals surface area contributed by atoms with Crippen molar-refractivity contribution < 1.29 is 9.90 Å². The van der Waals surface area contributed by atoms with E-state index in [9.17, 15) is 9.90 Å². The molecule has 0 saturated heterocycles. The Bertz CT molecular complexity index is 550. The molecule has 3 fully saturated rings. The van der Waals surface area contributed by atoms with Crippen LogP contribution >= 0.6 is 0 Å². The second-order valence-electron chi connectivity index (χ2n) is 9.44. The molecule has 2 nitrogen and oxygen atoms in total. The predicted octanol–water partition coefficient (Wildman–Crippen LogP) is 4.52. The number of Topliss-reactive ketones (excluding diaryl/α,β-unsaturated/α-hetero) is 1. The second-order valence-corrected chi connectivity index (χ2v) is 9.44. The van der Waals surface area contributed by atoms with Crippen LogP contribution in [0.2, 0.25) is 0 Å². The van der Waals surface area contributed by atoms with Crippen molar-refractivity contribution in [3.8, 4) is 0 Å². The fourth-order valence-electron chi connectivity index (χ4n) is 7.18. The first-order valence-electron chi connectivity index (χ1n) is 9.75. The lowest BCUT2D eigenvalue weighted by atomic mass is 9.46. The van der Waals surface area contributed by atoms with Crippen LogP contribution in [0.3, 0.4) is 0 Å². The van der Waals surface area contributed by atoms with Crippen LogP contribution in [0.25, 0.3) is 0 Å². The van der Waals surface area contributed by atoms with Crippen molar-refractivity contribution in [3.05, 3.63) is 11.6 Å². The molecule has 0 aromatic carbocycles. The van der Waals surface area contributed by atoms with Crippen molar-refractivity contribution in [1.82, 2.24) is 0 Å². The summed E-state index contributed by atoms with van der Waals surface area (Å²) in [6, 6.07) is 0. The van der Waals surface area contributed by atoms with Gasteiger partial charge in [0, 0.05) is 5.92 Å². The number of hydrogen-bond donors (Lipinski definition) is 1. The third kappa shape index (κ3) is 2.13. The molecule has 0 spiro atoms. The third-order valence-corrected chi connectivity index (χ3v) is 8.53. The molecule has 2 heteroatoms. The van der Waals surface area contributed by atoms with Crippen molar-refractivity contribution >= 4 is 5.78 Å². The number of ketones is 1. The quantitative estimate of drug-likeness (QED) is 0.722. The number of fused-ring (bicyclic) bond motifs is 5. The second kappa shape index (κ2) is 5.18. The molecule has 0 aromatic rings. The van der Waals surface area contributed by atoms with Gasteiger partial charge in [-0.1, -0.05) is 25.5 Å². The molecule has 0 heterocycles. The molecule has 1 N–H and O–H groups in total. The maximum Gasteiger partial charge on any atom is 0.134 e. The highest BCUT2D eigenvalue weighted by molar-refractivity contribution is 5.80. The molecule has 4 aliphatic carbocycles. The van der Waals surface area contributed by atoms with Crippen LogP contribution in [0.4, 0.5) is 0 Å². The first kappa shape index (κ1) is 15.9. The van der Waals surface area contributed by atoms with E-state index in [1.54, 1.807) is 12.5 Å². The first-order valence-corrected chi connectivity index (χ1v) is 9.75.